The van der Waals surface area contributed by atoms with E-state index in [9.17, 15) is 0 Å². The summed E-state index contributed by atoms with van der Waals surface area (Å²) in [4.78, 5) is 2.56. The number of rotatable bonds is 6. The van der Waals surface area contributed by atoms with Crippen molar-refractivity contribution in [3.05, 3.63) is 29.8 Å². The zero-order valence-corrected chi connectivity index (χ0v) is 12.5. The lowest BCUT2D eigenvalue weighted by molar-refractivity contribution is 0.508. The standard InChI is InChI=1S/C17H28N2/c1-3-8-15(2)18-12-14-19-13-7-6-10-16-9-4-5-11-17(16)19/h4-5,9,11,15,18H,3,6-8,10,12-14H2,1-2H3. The van der Waals surface area contributed by atoms with E-state index in [1.807, 2.05) is 0 Å². The highest BCUT2D eigenvalue weighted by molar-refractivity contribution is 5.54. The number of hydrogen-bond acceptors (Lipinski definition) is 2. The highest BCUT2D eigenvalue weighted by atomic mass is 15.1. The molecule has 1 aromatic rings. The Morgan fingerprint density at radius 2 is 2.11 bits per heavy atom. The molecule has 0 spiro atoms. The first-order valence-corrected chi connectivity index (χ1v) is 7.87. The van der Waals surface area contributed by atoms with Crippen LogP contribution in [0.15, 0.2) is 24.3 Å². The van der Waals surface area contributed by atoms with Crippen LogP contribution in [-0.4, -0.2) is 25.7 Å². The Bertz CT molecular complexity index is 375. The van der Waals surface area contributed by atoms with Crippen molar-refractivity contribution in [3.63, 3.8) is 0 Å². The van der Waals surface area contributed by atoms with Crippen molar-refractivity contribution >= 4 is 5.69 Å². The lowest BCUT2D eigenvalue weighted by Gasteiger charge is -2.26. The predicted octanol–water partition coefficient (Wildman–Crippen LogP) is 3.61. The summed E-state index contributed by atoms with van der Waals surface area (Å²) in [7, 11) is 0. The van der Waals surface area contributed by atoms with Gasteiger partial charge in [0.25, 0.3) is 0 Å². The smallest absolute Gasteiger partial charge is 0.0399 e. The second-order valence-electron chi connectivity index (χ2n) is 5.72. The minimum Gasteiger partial charge on any atom is -0.370 e. The van der Waals surface area contributed by atoms with Crippen LogP contribution in [0.1, 0.15) is 45.1 Å². The number of nitrogens with zero attached hydrogens (tertiary/aromatic N) is 1. The van der Waals surface area contributed by atoms with Crippen LogP contribution >= 0.6 is 0 Å². The molecule has 0 aliphatic carbocycles. The second-order valence-corrected chi connectivity index (χ2v) is 5.72. The van der Waals surface area contributed by atoms with Crippen LogP contribution in [0.3, 0.4) is 0 Å². The molecular formula is C17H28N2. The van der Waals surface area contributed by atoms with Gasteiger partial charge in [-0.15, -0.1) is 0 Å². The molecule has 0 radical (unpaired) electrons. The van der Waals surface area contributed by atoms with Crippen LogP contribution in [0, 0.1) is 0 Å². The molecule has 0 amide bonds. The molecule has 0 fully saturated rings. The molecule has 1 N–H and O–H groups in total. The number of hydrogen-bond donors (Lipinski definition) is 1. The first-order valence-electron chi connectivity index (χ1n) is 7.87. The van der Waals surface area contributed by atoms with Crippen LogP contribution in [-0.2, 0) is 6.42 Å². The van der Waals surface area contributed by atoms with Gasteiger partial charge < -0.3 is 10.2 Å². The molecule has 0 saturated heterocycles. The number of benzene rings is 1. The van der Waals surface area contributed by atoms with E-state index in [0.717, 1.165) is 13.1 Å². The Hall–Kier alpha value is -1.02. The van der Waals surface area contributed by atoms with E-state index in [1.165, 1.54) is 49.9 Å². The molecule has 2 nitrogen and oxygen atoms in total. The number of anilines is 1. The second kappa shape index (κ2) is 7.54. The summed E-state index contributed by atoms with van der Waals surface area (Å²) in [6.07, 6.45) is 6.43. The Kier molecular flexibility index (Phi) is 5.71. The Balaban J connectivity index is 1.89. The first-order chi connectivity index (χ1) is 9.31. The van der Waals surface area contributed by atoms with Crippen molar-refractivity contribution in [1.29, 1.82) is 0 Å². The fourth-order valence-corrected chi connectivity index (χ4v) is 2.98. The summed E-state index contributed by atoms with van der Waals surface area (Å²) in [5, 5.41) is 3.64. The van der Waals surface area contributed by atoms with Crippen molar-refractivity contribution in [1.82, 2.24) is 5.32 Å². The summed E-state index contributed by atoms with van der Waals surface area (Å²) in [5.74, 6) is 0. The van der Waals surface area contributed by atoms with Gasteiger partial charge in [0.05, 0.1) is 0 Å². The largest absolute Gasteiger partial charge is 0.370 e. The predicted molar refractivity (Wildman–Crippen MR) is 84.0 cm³/mol. The monoisotopic (exact) mass is 260 g/mol. The van der Waals surface area contributed by atoms with Crippen molar-refractivity contribution in [2.24, 2.45) is 0 Å². The zero-order valence-electron chi connectivity index (χ0n) is 12.5. The van der Waals surface area contributed by atoms with Gasteiger partial charge in [-0.2, -0.15) is 0 Å². The average Bonchev–Trinajstić information content (AvgIpc) is 2.62. The Morgan fingerprint density at radius 3 is 2.95 bits per heavy atom. The van der Waals surface area contributed by atoms with Gasteiger partial charge in [-0.05, 0) is 44.2 Å². The third kappa shape index (κ3) is 4.24. The summed E-state index contributed by atoms with van der Waals surface area (Å²) < 4.78 is 0. The number of para-hydroxylation sites is 1. The number of fused-ring (bicyclic) bond motifs is 1. The van der Waals surface area contributed by atoms with E-state index in [2.05, 4.69) is 48.3 Å². The van der Waals surface area contributed by atoms with E-state index in [4.69, 9.17) is 0 Å². The summed E-state index contributed by atoms with van der Waals surface area (Å²) in [5.41, 5.74) is 2.99. The number of aryl methyl sites for hydroxylation is 1. The molecule has 2 rings (SSSR count). The van der Waals surface area contributed by atoms with Crippen molar-refractivity contribution < 1.29 is 0 Å². The van der Waals surface area contributed by atoms with Crippen molar-refractivity contribution in [3.8, 4) is 0 Å². The molecule has 1 aliphatic heterocycles. The van der Waals surface area contributed by atoms with Crippen LogP contribution < -0.4 is 10.2 Å². The van der Waals surface area contributed by atoms with Gasteiger partial charge in [-0.1, -0.05) is 31.5 Å². The fourth-order valence-electron chi connectivity index (χ4n) is 2.98. The summed E-state index contributed by atoms with van der Waals surface area (Å²) >= 11 is 0. The maximum Gasteiger partial charge on any atom is 0.0399 e. The summed E-state index contributed by atoms with van der Waals surface area (Å²) in [6, 6.07) is 9.57. The zero-order chi connectivity index (χ0) is 13.5. The van der Waals surface area contributed by atoms with E-state index < -0.39 is 0 Å². The normalized spacial score (nSPS) is 16.8. The minimum absolute atomic E-state index is 0.646. The molecule has 1 aliphatic rings. The van der Waals surface area contributed by atoms with Crippen LogP contribution in [0.2, 0.25) is 0 Å². The van der Waals surface area contributed by atoms with Gasteiger partial charge >= 0.3 is 0 Å². The van der Waals surface area contributed by atoms with Gasteiger partial charge in [-0.25, -0.2) is 0 Å². The molecular weight excluding hydrogens is 232 g/mol. The van der Waals surface area contributed by atoms with Gasteiger partial charge in [0.2, 0.25) is 0 Å². The highest BCUT2D eigenvalue weighted by Gasteiger charge is 2.14. The van der Waals surface area contributed by atoms with Crippen molar-refractivity contribution in [2.45, 2.75) is 52.0 Å². The maximum atomic E-state index is 3.64. The molecule has 0 aromatic heterocycles. The third-order valence-electron chi connectivity index (χ3n) is 4.05. The van der Waals surface area contributed by atoms with E-state index in [1.54, 1.807) is 0 Å². The number of nitrogens with one attached hydrogen (secondary N) is 1. The lowest BCUT2D eigenvalue weighted by atomic mass is 10.1. The molecule has 106 valence electrons. The molecule has 1 aromatic carbocycles. The van der Waals surface area contributed by atoms with Gasteiger partial charge in [0.15, 0.2) is 0 Å². The van der Waals surface area contributed by atoms with E-state index in [-0.39, 0.29) is 0 Å². The maximum absolute atomic E-state index is 3.64. The van der Waals surface area contributed by atoms with Gasteiger partial charge in [-0.3, -0.25) is 0 Å². The molecule has 1 heterocycles. The van der Waals surface area contributed by atoms with Crippen molar-refractivity contribution in [2.75, 3.05) is 24.5 Å². The molecule has 2 heteroatoms. The van der Waals surface area contributed by atoms with Crippen LogP contribution in [0.5, 0.6) is 0 Å². The van der Waals surface area contributed by atoms with Crippen LogP contribution in [0.4, 0.5) is 5.69 Å². The first kappa shape index (κ1) is 14.4. The quantitative estimate of drug-likeness (QED) is 0.840. The van der Waals surface area contributed by atoms with Gasteiger partial charge in [0, 0.05) is 31.4 Å². The molecule has 0 saturated carbocycles. The highest BCUT2D eigenvalue weighted by Crippen LogP contribution is 2.25. The van der Waals surface area contributed by atoms with Crippen LogP contribution in [0.25, 0.3) is 0 Å². The Morgan fingerprint density at radius 1 is 1.26 bits per heavy atom. The fraction of sp³-hybridized carbons (Fsp3) is 0.647. The van der Waals surface area contributed by atoms with E-state index in [0.29, 0.717) is 6.04 Å². The minimum atomic E-state index is 0.646. The molecule has 1 unspecified atom stereocenters. The lowest BCUT2D eigenvalue weighted by Crippen LogP contribution is -2.36. The Labute approximate surface area is 118 Å². The van der Waals surface area contributed by atoms with E-state index >= 15 is 0 Å². The molecule has 1 atom stereocenters. The molecule has 19 heavy (non-hydrogen) atoms. The summed E-state index contributed by atoms with van der Waals surface area (Å²) in [6.45, 7) is 7.98. The topological polar surface area (TPSA) is 15.3 Å². The third-order valence-corrected chi connectivity index (χ3v) is 4.05. The average molecular weight is 260 g/mol. The molecule has 0 bridgehead atoms. The van der Waals surface area contributed by atoms with Gasteiger partial charge in [0.1, 0.15) is 0 Å². The SMILES string of the molecule is CCCC(C)NCCN1CCCCc2ccccc21.